The summed E-state index contributed by atoms with van der Waals surface area (Å²) in [6.45, 7) is 5.56. The van der Waals surface area contributed by atoms with Gasteiger partial charge in [0.05, 0.1) is 0 Å². The van der Waals surface area contributed by atoms with Gasteiger partial charge in [-0.05, 0) is 25.2 Å². The fourth-order valence-corrected chi connectivity index (χ4v) is 1.89. The molecule has 4 heteroatoms. The van der Waals surface area contributed by atoms with Gasteiger partial charge >= 0.3 is 0 Å². The van der Waals surface area contributed by atoms with E-state index in [1.165, 1.54) is 19.3 Å². The van der Waals surface area contributed by atoms with Crippen molar-refractivity contribution in [3.63, 3.8) is 0 Å². The first-order valence-corrected chi connectivity index (χ1v) is 6.29. The minimum Gasteiger partial charge on any atom is -0.353 e. The molecule has 0 saturated heterocycles. The molecule has 0 aliphatic heterocycles. The first-order chi connectivity index (χ1) is 7.66. The minimum absolute atomic E-state index is 0.528. The van der Waals surface area contributed by atoms with Gasteiger partial charge in [0.2, 0.25) is 0 Å². The molecular weight excluding hydrogens is 222 g/mol. The van der Waals surface area contributed by atoms with Crippen molar-refractivity contribution in [1.29, 1.82) is 0 Å². The predicted octanol–water partition coefficient (Wildman–Crippen LogP) is 3.14. The summed E-state index contributed by atoms with van der Waals surface area (Å²) in [4.78, 5) is 10.6. The standard InChI is InChI=1S/C12H18ClN3/c1-9(2)5-6-16(10-3-4-10)12-7-11(13)14-8-15-12/h7-10H,3-6H2,1-2H3. The Bertz CT molecular complexity index is 350. The lowest BCUT2D eigenvalue weighted by atomic mass is 10.1. The third-order valence-electron chi connectivity index (χ3n) is 2.85. The minimum atomic E-state index is 0.528. The molecule has 0 spiro atoms. The SMILES string of the molecule is CC(C)CCN(c1cc(Cl)ncn1)C1CC1. The Labute approximate surface area is 102 Å². The molecule has 1 heterocycles. The quantitative estimate of drug-likeness (QED) is 0.740. The molecular formula is C12H18ClN3. The van der Waals surface area contributed by atoms with Crippen LogP contribution >= 0.6 is 11.6 Å². The lowest BCUT2D eigenvalue weighted by Crippen LogP contribution is -2.28. The average Bonchev–Trinajstić information content (AvgIpc) is 3.02. The number of anilines is 1. The van der Waals surface area contributed by atoms with Gasteiger partial charge < -0.3 is 4.90 Å². The fourth-order valence-electron chi connectivity index (χ4n) is 1.75. The molecule has 0 aromatic carbocycles. The van der Waals surface area contributed by atoms with Crippen molar-refractivity contribution < 1.29 is 0 Å². The van der Waals surface area contributed by atoms with Crippen LogP contribution in [-0.2, 0) is 0 Å². The normalized spacial score (nSPS) is 15.5. The lowest BCUT2D eigenvalue weighted by Gasteiger charge is -2.24. The highest BCUT2D eigenvalue weighted by Gasteiger charge is 2.29. The largest absolute Gasteiger partial charge is 0.353 e. The molecule has 0 unspecified atom stereocenters. The van der Waals surface area contributed by atoms with Crippen molar-refractivity contribution in [2.45, 2.75) is 39.2 Å². The highest BCUT2D eigenvalue weighted by atomic mass is 35.5. The maximum atomic E-state index is 5.90. The Kier molecular flexibility index (Phi) is 3.64. The maximum Gasteiger partial charge on any atom is 0.134 e. The summed E-state index contributed by atoms with van der Waals surface area (Å²) in [5.41, 5.74) is 0. The van der Waals surface area contributed by atoms with Crippen LogP contribution in [0.3, 0.4) is 0 Å². The van der Waals surface area contributed by atoms with E-state index in [9.17, 15) is 0 Å². The third kappa shape index (κ3) is 3.08. The summed E-state index contributed by atoms with van der Waals surface area (Å²) in [7, 11) is 0. The summed E-state index contributed by atoms with van der Waals surface area (Å²) in [5, 5.41) is 0.528. The van der Waals surface area contributed by atoms with Crippen LogP contribution in [0.15, 0.2) is 12.4 Å². The Morgan fingerprint density at radius 1 is 1.44 bits per heavy atom. The zero-order valence-corrected chi connectivity index (χ0v) is 10.6. The van der Waals surface area contributed by atoms with Gasteiger partial charge in [0.1, 0.15) is 17.3 Å². The van der Waals surface area contributed by atoms with E-state index in [-0.39, 0.29) is 0 Å². The van der Waals surface area contributed by atoms with Crippen LogP contribution in [0.25, 0.3) is 0 Å². The molecule has 0 atom stereocenters. The van der Waals surface area contributed by atoms with E-state index < -0.39 is 0 Å². The predicted molar refractivity (Wildman–Crippen MR) is 66.9 cm³/mol. The topological polar surface area (TPSA) is 29.0 Å². The summed E-state index contributed by atoms with van der Waals surface area (Å²) < 4.78 is 0. The van der Waals surface area contributed by atoms with E-state index in [1.807, 2.05) is 6.07 Å². The van der Waals surface area contributed by atoms with Crippen molar-refractivity contribution in [2.75, 3.05) is 11.4 Å². The van der Waals surface area contributed by atoms with E-state index in [0.717, 1.165) is 18.3 Å². The van der Waals surface area contributed by atoms with Crippen molar-refractivity contribution in [3.8, 4) is 0 Å². The van der Waals surface area contributed by atoms with E-state index in [2.05, 4.69) is 28.7 Å². The lowest BCUT2D eigenvalue weighted by molar-refractivity contribution is 0.568. The molecule has 1 aliphatic rings. The van der Waals surface area contributed by atoms with Gasteiger partial charge in [-0.3, -0.25) is 0 Å². The molecule has 0 bridgehead atoms. The first kappa shape index (κ1) is 11.6. The number of halogens is 1. The molecule has 88 valence electrons. The van der Waals surface area contributed by atoms with Gasteiger partial charge in [-0.1, -0.05) is 25.4 Å². The molecule has 1 aliphatic carbocycles. The summed E-state index contributed by atoms with van der Waals surface area (Å²) in [5.74, 6) is 1.70. The van der Waals surface area contributed by atoms with Gasteiger partial charge in [0.25, 0.3) is 0 Å². The monoisotopic (exact) mass is 239 g/mol. The van der Waals surface area contributed by atoms with Crippen LogP contribution in [0.2, 0.25) is 5.15 Å². The molecule has 0 N–H and O–H groups in total. The molecule has 0 radical (unpaired) electrons. The van der Waals surface area contributed by atoms with Crippen molar-refractivity contribution in [1.82, 2.24) is 9.97 Å². The Morgan fingerprint density at radius 2 is 2.19 bits per heavy atom. The van der Waals surface area contributed by atoms with Crippen LogP contribution < -0.4 is 4.90 Å². The van der Waals surface area contributed by atoms with Crippen LogP contribution in [0, 0.1) is 5.92 Å². The molecule has 16 heavy (non-hydrogen) atoms. The first-order valence-electron chi connectivity index (χ1n) is 5.91. The van der Waals surface area contributed by atoms with Crippen molar-refractivity contribution in [3.05, 3.63) is 17.5 Å². The highest BCUT2D eigenvalue weighted by molar-refractivity contribution is 6.29. The van der Waals surface area contributed by atoms with Gasteiger partial charge in [0.15, 0.2) is 0 Å². The number of rotatable bonds is 5. The molecule has 0 amide bonds. The zero-order valence-electron chi connectivity index (χ0n) is 9.86. The molecule has 1 fully saturated rings. The van der Waals surface area contributed by atoms with Crippen LogP contribution in [0.5, 0.6) is 0 Å². The van der Waals surface area contributed by atoms with E-state index in [0.29, 0.717) is 11.2 Å². The smallest absolute Gasteiger partial charge is 0.134 e. The zero-order chi connectivity index (χ0) is 11.5. The number of aromatic nitrogens is 2. The molecule has 1 aromatic rings. The average molecular weight is 240 g/mol. The van der Waals surface area contributed by atoms with Crippen LogP contribution in [-0.4, -0.2) is 22.6 Å². The summed E-state index contributed by atoms with van der Waals surface area (Å²) in [6.07, 6.45) is 5.29. The number of hydrogen-bond donors (Lipinski definition) is 0. The van der Waals surface area contributed by atoms with E-state index >= 15 is 0 Å². The van der Waals surface area contributed by atoms with Gasteiger partial charge in [-0.2, -0.15) is 0 Å². The molecule has 3 nitrogen and oxygen atoms in total. The van der Waals surface area contributed by atoms with E-state index in [1.54, 1.807) is 6.33 Å². The fraction of sp³-hybridized carbons (Fsp3) is 0.667. The molecule has 1 aromatic heterocycles. The van der Waals surface area contributed by atoms with Gasteiger partial charge in [0, 0.05) is 18.7 Å². The highest BCUT2D eigenvalue weighted by Crippen LogP contribution is 2.31. The van der Waals surface area contributed by atoms with Gasteiger partial charge in [-0.25, -0.2) is 9.97 Å². The summed E-state index contributed by atoms with van der Waals surface area (Å²) >= 11 is 5.90. The Hall–Kier alpha value is -0.830. The third-order valence-corrected chi connectivity index (χ3v) is 3.06. The van der Waals surface area contributed by atoms with Gasteiger partial charge in [-0.15, -0.1) is 0 Å². The van der Waals surface area contributed by atoms with Crippen LogP contribution in [0.1, 0.15) is 33.1 Å². The van der Waals surface area contributed by atoms with E-state index in [4.69, 9.17) is 11.6 Å². The number of hydrogen-bond acceptors (Lipinski definition) is 3. The molecule has 1 saturated carbocycles. The number of nitrogens with zero attached hydrogens (tertiary/aromatic N) is 3. The second-order valence-electron chi connectivity index (χ2n) is 4.81. The van der Waals surface area contributed by atoms with Crippen molar-refractivity contribution >= 4 is 17.4 Å². The van der Waals surface area contributed by atoms with Crippen molar-refractivity contribution in [2.24, 2.45) is 5.92 Å². The molecule has 2 rings (SSSR count). The second-order valence-corrected chi connectivity index (χ2v) is 5.19. The van der Waals surface area contributed by atoms with Crippen LogP contribution in [0.4, 0.5) is 5.82 Å². The Balaban J connectivity index is 2.06. The summed E-state index contributed by atoms with van der Waals surface area (Å²) in [6, 6.07) is 2.53. The maximum absolute atomic E-state index is 5.90. The Morgan fingerprint density at radius 3 is 2.75 bits per heavy atom. The second kappa shape index (κ2) is 5.00.